The van der Waals surface area contributed by atoms with Crippen LogP contribution in [0.1, 0.15) is 15.9 Å². The van der Waals surface area contributed by atoms with Crippen molar-refractivity contribution >= 4 is 22.4 Å². The number of nitrogens with one attached hydrogen (secondary N) is 1. The number of hydrogen-bond donors (Lipinski definition) is 2. The number of amides is 1. The fourth-order valence-electron chi connectivity index (χ4n) is 2.32. The molecule has 0 fully saturated rings. The molecule has 0 unspecified atom stereocenters. The third-order valence-electron chi connectivity index (χ3n) is 3.43. The third-order valence-corrected chi connectivity index (χ3v) is 3.43. The van der Waals surface area contributed by atoms with Crippen LogP contribution in [0.5, 0.6) is 0 Å². The zero-order valence-corrected chi connectivity index (χ0v) is 11.4. The Morgan fingerprint density at radius 2 is 1.62 bits per heavy atom. The van der Waals surface area contributed by atoms with Crippen LogP contribution in [0.3, 0.4) is 0 Å². The molecule has 0 spiro atoms. The molecule has 0 radical (unpaired) electrons. The number of benzene rings is 3. The smallest absolute Gasteiger partial charge is 0.256 e. The molecule has 0 saturated heterocycles. The molecule has 3 heteroatoms. The van der Waals surface area contributed by atoms with Gasteiger partial charge in [0.2, 0.25) is 0 Å². The molecule has 3 aromatic carbocycles. The predicted molar refractivity (Wildman–Crippen MR) is 84.3 cm³/mol. The van der Waals surface area contributed by atoms with Crippen molar-refractivity contribution in [1.29, 1.82) is 0 Å². The van der Waals surface area contributed by atoms with Crippen LogP contribution in [0.25, 0.3) is 10.8 Å². The van der Waals surface area contributed by atoms with Crippen LogP contribution in [0.15, 0.2) is 66.7 Å². The number of fused-ring (bicyclic) bond motifs is 1. The SMILES string of the molecule is O=C(Nc1ccc(CO)cc1)c1cccc2ccccc12. The van der Waals surface area contributed by atoms with Gasteiger partial charge >= 0.3 is 0 Å². The van der Waals surface area contributed by atoms with Gasteiger partial charge in [-0.2, -0.15) is 0 Å². The maximum absolute atomic E-state index is 12.4. The van der Waals surface area contributed by atoms with E-state index < -0.39 is 0 Å². The summed E-state index contributed by atoms with van der Waals surface area (Å²) in [4.78, 5) is 12.4. The minimum atomic E-state index is -0.136. The molecular weight excluding hydrogens is 262 g/mol. The zero-order valence-electron chi connectivity index (χ0n) is 11.4. The first kappa shape index (κ1) is 13.3. The average molecular weight is 277 g/mol. The molecule has 0 atom stereocenters. The standard InChI is InChI=1S/C18H15NO2/c20-12-13-8-10-15(11-9-13)19-18(21)17-7-3-5-14-4-1-2-6-16(14)17/h1-11,20H,12H2,(H,19,21). The summed E-state index contributed by atoms with van der Waals surface area (Å²) < 4.78 is 0. The van der Waals surface area contributed by atoms with Crippen LogP contribution < -0.4 is 5.32 Å². The number of aliphatic hydroxyl groups is 1. The van der Waals surface area contributed by atoms with E-state index in [9.17, 15) is 4.79 Å². The van der Waals surface area contributed by atoms with E-state index in [1.54, 1.807) is 24.3 Å². The number of carbonyl (C=O) groups is 1. The summed E-state index contributed by atoms with van der Waals surface area (Å²) >= 11 is 0. The monoisotopic (exact) mass is 277 g/mol. The molecule has 1 amide bonds. The largest absolute Gasteiger partial charge is 0.392 e. The maximum Gasteiger partial charge on any atom is 0.256 e. The second-order valence-corrected chi connectivity index (χ2v) is 4.84. The van der Waals surface area contributed by atoms with Gasteiger partial charge in [0.15, 0.2) is 0 Å². The summed E-state index contributed by atoms with van der Waals surface area (Å²) in [7, 11) is 0. The highest BCUT2D eigenvalue weighted by molar-refractivity contribution is 6.12. The first-order valence-corrected chi connectivity index (χ1v) is 6.77. The molecule has 104 valence electrons. The lowest BCUT2D eigenvalue weighted by Gasteiger charge is -2.08. The quantitative estimate of drug-likeness (QED) is 0.768. The van der Waals surface area contributed by atoms with Crippen molar-refractivity contribution in [2.45, 2.75) is 6.61 Å². The number of hydrogen-bond acceptors (Lipinski definition) is 2. The molecule has 0 heterocycles. The van der Waals surface area contributed by atoms with E-state index in [4.69, 9.17) is 5.11 Å². The van der Waals surface area contributed by atoms with E-state index in [0.717, 1.165) is 16.3 Å². The Bertz CT molecular complexity index is 773. The molecule has 0 aliphatic heterocycles. The second-order valence-electron chi connectivity index (χ2n) is 4.84. The predicted octanol–water partition coefficient (Wildman–Crippen LogP) is 3.58. The molecule has 0 aliphatic carbocycles. The highest BCUT2D eigenvalue weighted by Gasteiger charge is 2.09. The Labute approximate surface area is 122 Å². The zero-order chi connectivity index (χ0) is 14.7. The van der Waals surface area contributed by atoms with Gasteiger partial charge in [0.1, 0.15) is 0 Å². The average Bonchev–Trinajstić information content (AvgIpc) is 2.55. The molecule has 21 heavy (non-hydrogen) atoms. The van der Waals surface area contributed by atoms with Crippen molar-refractivity contribution in [1.82, 2.24) is 0 Å². The summed E-state index contributed by atoms with van der Waals surface area (Å²) in [5, 5.41) is 13.9. The van der Waals surface area contributed by atoms with Crippen LogP contribution in [-0.2, 0) is 6.61 Å². The minimum absolute atomic E-state index is 0.00243. The molecule has 0 aliphatic rings. The lowest BCUT2D eigenvalue weighted by molar-refractivity contribution is 0.102. The summed E-state index contributed by atoms with van der Waals surface area (Å²) in [6.07, 6.45) is 0. The first-order valence-electron chi connectivity index (χ1n) is 6.77. The highest BCUT2D eigenvalue weighted by Crippen LogP contribution is 2.20. The Balaban J connectivity index is 1.90. The van der Waals surface area contributed by atoms with Gasteiger partial charge in [0.05, 0.1) is 6.61 Å². The molecule has 2 N–H and O–H groups in total. The van der Waals surface area contributed by atoms with E-state index >= 15 is 0 Å². The van der Waals surface area contributed by atoms with Gasteiger partial charge in [-0.05, 0) is 34.5 Å². The van der Waals surface area contributed by atoms with Gasteiger partial charge in [0, 0.05) is 11.3 Å². The Morgan fingerprint density at radius 3 is 2.38 bits per heavy atom. The van der Waals surface area contributed by atoms with Crippen molar-refractivity contribution < 1.29 is 9.90 Å². The molecule has 0 bridgehead atoms. The molecule has 3 aromatic rings. The minimum Gasteiger partial charge on any atom is -0.392 e. The number of rotatable bonds is 3. The number of anilines is 1. The van der Waals surface area contributed by atoms with E-state index in [-0.39, 0.29) is 12.5 Å². The van der Waals surface area contributed by atoms with Crippen LogP contribution >= 0.6 is 0 Å². The van der Waals surface area contributed by atoms with E-state index in [2.05, 4.69) is 5.32 Å². The molecule has 3 rings (SSSR count). The third kappa shape index (κ3) is 2.78. The molecule has 0 aromatic heterocycles. The van der Waals surface area contributed by atoms with Crippen LogP contribution in [-0.4, -0.2) is 11.0 Å². The molecule has 0 saturated carbocycles. The number of aliphatic hydroxyl groups excluding tert-OH is 1. The van der Waals surface area contributed by atoms with E-state index in [0.29, 0.717) is 11.3 Å². The van der Waals surface area contributed by atoms with E-state index in [1.807, 2.05) is 42.5 Å². The lowest BCUT2D eigenvalue weighted by Crippen LogP contribution is -2.12. The fraction of sp³-hybridized carbons (Fsp3) is 0.0556. The van der Waals surface area contributed by atoms with Gasteiger partial charge in [-0.15, -0.1) is 0 Å². The Morgan fingerprint density at radius 1 is 0.905 bits per heavy atom. The van der Waals surface area contributed by atoms with Gasteiger partial charge in [-0.25, -0.2) is 0 Å². The van der Waals surface area contributed by atoms with Crippen LogP contribution in [0.4, 0.5) is 5.69 Å². The van der Waals surface area contributed by atoms with Crippen molar-refractivity contribution in [2.24, 2.45) is 0 Å². The van der Waals surface area contributed by atoms with Crippen molar-refractivity contribution in [3.8, 4) is 0 Å². The van der Waals surface area contributed by atoms with Gasteiger partial charge < -0.3 is 10.4 Å². The first-order chi connectivity index (χ1) is 10.3. The molecular formula is C18H15NO2. The summed E-state index contributed by atoms with van der Waals surface area (Å²) in [5.41, 5.74) is 2.18. The fourth-order valence-corrected chi connectivity index (χ4v) is 2.32. The van der Waals surface area contributed by atoms with Crippen molar-refractivity contribution in [3.63, 3.8) is 0 Å². The summed E-state index contributed by atoms with van der Waals surface area (Å²) in [6.45, 7) is -0.00243. The van der Waals surface area contributed by atoms with Crippen molar-refractivity contribution in [3.05, 3.63) is 77.9 Å². The topological polar surface area (TPSA) is 49.3 Å². The molecule has 3 nitrogen and oxygen atoms in total. The van der Waals surface area contributed by atoms with Crippen molar-refractivity contribution in [2.75, 3.05) is 5.32 Å². The summed E-state index contributed by atoms with van der Waals surface area (Å²) in [5.74, 6) is -0.136. The second kappa shape index (κ2) is 5.77. The maximum atomic E-state index is 12.4. The highest BCUT2D eigenvalue weighted by atomic mass is 16.3. The van der Waals surface area contributed by atoms with Gasteiger partial charge in [-0.1, -0.05) is 48.5 Å². The Kier molecular flexibility index (Phi) is 3.67. The number of carbonyl (C=O) groups excluding carboxylic acids is 1. The Hall–Kier alpha value is -2.65. The van der Waals surface area contributed by atoms with Gasteiger partial charge in [-0.3, -0.25) is 4.79 Å². The van der Waals surface area contributed by atoms with Gasteiger partial charge in [0.25, 0.3) is 5.91 Å². The summed E-state index contributed by atoms with van der Waals surface area (Å²) in [6, 6.07) is 20.7. The van der Waals surface area contributed by atoms with E-state index in [1.165, 1.54) is 0 Å². The lowest BCUT2D eigenvalue weighted by atomic mass is 10.0. The van der Waals surface area contributed by atoms with Crippen LogP contribution in [0.2, 0.25) is 0 Å². The normalized spacial score (nSPS) is 10.5. The van der Waals surface area contributed by atoms with Crippen LogP contribution in [0, 0.1) is 0 Å².